The molecule has 0 saturated carbocycles. The number of nitrogens with zero attached hydrogens (tertiary/aromatic N) is 1. The second-order valence-electron chi connectivity index (χ2n) is 5.35. The number of hydrogen-bond acceptors (Lipinski definition) is 3. The molecule has 0 bridgehead atoms. The lowest BCUT2D eigenvalue weighted by molar-refractivity contribution is 0.0952. The Morgan fingerprint density at radius 1 is 1.27 bits per heavy atom. The van der Waals surface area contributed by atoms with Crippen molar-refractivity contribution in [3.63, 3.8) is 0 Å². The molecule has 0 radical (unpaired) electrons. The van der Waals surface area contributed by atoms with Gasteiger partial charge in [0, 0.05) is 21.7 Å². The van der Waals surface area contributed by atoms with Crippen LogP contribution in [0.4, 0.5) is 5.69 Å². The van der Waals surface area contributed by atoms with Crippen LogP contribution in [0.15, 0.2) is 46.9 Å². The van der Waals surface area contributed by atoms with E-state index in [1.165, 1.54) is 0 Å². The number of Topliss-reactive ketones (excluding diaryl/α,β-unsaturated/α-hetero) is 1. The monoisotopic (exact) mass is 423 g/mol. The number of fused-ring (bicyclic) bond motifs is 1. The molecule has 0 saturated heterocycles. The van der Waals surface area contributed by atoms with E-state index < -0.39 is 0 Å². The van der Waals surface area contributed by atoms with Gasteiger partial charge in [0.1, 0.15) is 5.75 Å². The predicted octanol–water partition coefficient (Wildman–Crippen LogP) is 5.03. The van der Waals surface area contributed by atoms with Gasteiger partial charge in [-0.3, -0.25) is 4.79 Å². The normalized spacial score (nSPS) is 20.0. The molecule has 2 atom stereocenters. The van der Waals surface area contributed by atoms with Crippen LogP contribution in [0.3, 0.4) is 0 Å². The summed E-state index contributed by atoms with van der Waals surface area (Å²) in [6.07, 6.45) is 0.857. The van der Waals surface area contributed by atoms with Crippen LogP contribution in [0.2, 0.25) is 0 Å². The van der Waals surface area contributed by atoms with Gasteiger partial charge in [0.25, 0.3) is 0 Å². The molecule has 5 heteroatoms. The number of para-hydroxylation sites is 1. The van der Waals surface area contributed by atoms with Crippen molar-refractivity contribution in [2.45, 2.75) is 25.3 Å². The highest BCUT2D eigenvalue weighted by Crippen LogP contribution is 2.45. The number of rotatable bonds is 3. The molecular formula is C17H15Br2NO2. The molecule has 0 amide bonds. The van der Waals surface area contributed by atoms with E-state index in [4.69, 9.17) is 0 Å². The molecule has 0 fully saturated rings. The van der Waals surface area contributed by atoms with Crippen molar-refractivity contribution in [3.8, 4) is 5.75 Å². The summed E-state index contributed by atoms with van der Waals surface area (Å²) in [5.41, 5.74) is 2.69. The maximum absolute atomic E-state index is 13.0. The summed E-state index contributed by atoms with van der Waals surface area (Å²) in [4.78, 5) is 13.0. The van der Waals surface area contributed by atoms with Crippen molar-refractivity contribution in [1.82, 2.24) is 0 Å². The van der Waals surface area contributed by atoms with Crippen molar-refractivity contribution in [3.05, 3.63) is 58.1 Å². The van der Waals surface area contributed by atoms with E-state index in [2.05, 4.69) is 39.0 Å². The molecule has 1 N–H and O–H groups in total. The topological polar surface area (TPSA) is 40.5 Å². The van der Waals surface area contributed by atoms with Gasteiger partial charge in [0.15, 0.2) is 5.78 Å². The van der Waals surface area contributed by atoms with Crippen molar-refractivity contribution in [2.24, 2.45) is 0 Å². The zero-order chi connectivity index (χ0) is 15.9. The average Bonchev–Trinajstić information content (AvgIpc) is 2.82. The van der Waals surface area contributed by atoms with E-state index >= 15 is 0 Å². The first-order valence-electron chi connectivity index (χ1n) is 7.11. The zero-order valence-corrected chi connectivity index (χ0v) is 15.1. The molecule has 2 unspecified atom stereocenters. The van der Waals surface area contributed by atoms with Gasteiger partial charge >= 0.3 is 0 Å². The molecule has 0 spiro atoms. The van der Waals surface area contributed by atoms with Crippen LogP contribution >= 0.6 is 32.1 Å². The third-order valence-electron chi connectivity index (χ3n) is 4.11. The minimum absolute atomic E-state index is 0.0713. The number of carbonyl (C=O) groups is 1. The second kappa shape index (κ2) is 6.05. The summed E-state index contributed by atoms with van der Waals surface area (Å²) in [6, 6.07) is 13.0. The van der Waals surface area contributed by atoms with Gasteiger partial charge in [0.2, 0.25) is 0 Å². The highest BCUT2D eigenvalue weighted by molar-refractivity contribution is 9.10. The Labute approximate surface area is 146 Å². The van der Waals surface area contributed by atoms with Crippen LogP contribution in [-0.2, 0) is 0 Å². The Balaban J connectivity index is 2.05. The standard InChI is InChI=1S/C17H15Br2NO2/c1-2-13-16(11-5-3-4-6-14(11)20(13)19)17(22)10-7-8-15(21)12(18)9-10/h3-9,13,16,21H,2H2,1H3. The van der Waals surface area contributed by atoms with E-state index in [-0.39, 0.29) is 23.5 Å². The molecule has 2 aromatic rings. The molecule has 3 nitrogen and oxygen atoms in total. The van der Waals surface area contributed by atoms with Gasteiger partial charge < -0.3 is 9.03 Å². The van der Waals surface area contributed by atoms with Gasteiger partial charge in [0.05, 0.1) is 22.1 Å². The third kappa shape index (κ3) is 2.46. The summed E-state index contributed by atoms with van der Waals surface area (Å²) in [6.45, 7) is 2.08. The first kappa shape index (κ1) is 15.6. The zero-order valence-electron chi connectivity index (χ0n) is 12.0. The fourth-order valence-electron chi connectivity index (χ4n) is 3.01. The Morgan fingerprint density at radius 2 is 2.00 bits per heavy atom. The van der Waals surface area contributed by atoms with Gasteiger partial charge in [-0.05, 0) is 52.2 Å². The summed E-state index contributed by atoms with van der Waals surface area (Å²) >= 11 is 6.88. The number of halogens is 2. The quantitative estimate of drug-likeness (QED) is 0.554. The summed E-state index contributed by atoms with van der Waals surface area (Å²) < 4.78 is 2.55. The van der Waals surface area contributed by atoms with Crippen LogP contribution in [0.5, 0.6) is 5.75 Å². The van der Waals surface area contributed by atoms with Crippen molar-refractivity contribution in [1.29, 1.82) is 0 Å². The molecule has 22 heavy (non-hydrogen) atoms. The van der Waals surface area contributed by atoms with Gasteiger partial charge in [-0.2, -0.15) is 0 Å². The van der Waals surface area contributed by atoms with E-state index in [1.807, 2.05) is 28.2 Å². The smallest absolute Gasteiger partial charge is 0.172 e. The Hall–Kier alpha value is -1.33. The molecule has 1 heterocycles. The predicted molar refractivity (Wildman–Crippen MR) is 94.8 cm³/mol. The number of phenols is 1. The SMILES string of the molecule is CCC1C(C(=O)c2ccc(O)c(Br)c2)c2ccccc2N1Br. The number of anilines is 1. The lowest BCUT2D eigenvalue weighted by atomic mass is 9.86. The van der Waals surface area contributed by atoms with Gasteiger partial charge in [-0.1, -0.05) is 25.1 Å². The maximum atomic E-state index is 13.0. The second-order valence-corrected chi connectivity index (χ2v) is 6.97. The van der Waals surface area contributed by atoms with Crippen LogP contribution in [-0.4, -0.2) is 16.9 Å². The first-order chi connectivity index (χ1) is 10.5. The molecular weight excluding hydrogens is 410 g/mol. The van der Waals surface area contributed by atoms with Crippen LogP contribution in [0.25, 0.3) is 0 Å². The number of carbonyl (C=O) groups excluding carboxylic acids is 1. The fourth-order valence-corrected chi connectivity index (χ4v) is 4.24. The maximum Gasteiger partial charge on any atom is 0.172 e. The molecule has 3 rings (SSSR count). The average molecular weight is 425 g/mol. The number of aromatic hydroxyl groups is 1. The number of benzene rings is 2. The molecule has 1 aliphatic heterocycles. The number of hydrogen-bond donors (Lipinski definition) is 1. The number of ketones is 1. The minimum Gasteiger partial charge on any atom is -0.507 e. The molecule has 0 aromatic heterocycles. The lowest BCUT2D eigenvalue weighted by Crippen LogP contribution is -2.29. The Bertz CT molecular complexity index is 732. The molecule has 0 aliphatic carbocycles. The molecule has 2 aromatic carbocycles. The van der Waals surface area contributed by atoms with E-state index in [0.717, 1.165) is 17.7 Å². The minimum atomic E-state index is -0.211. The van der Waals surface area contributed by atoms with Crippen LogP contribution < -0.4 is 3.93 Å². The fraction of sp³-hybridized carbons (Fsp3) is 0.235. The number of phenolic OH excluding ortho intramolecular Hbond substituents is 1. The van der Waals surface area contributed by atoms with Crippen LogP contribution in [0, 0.1) is 0 Å². The van der Waals surface area contributed by atoms with Crippen molar-refractivity contribution < 1.29 is 9.90 Å². The van der Waals surface area contributed by atoms with Gasteiger partial charge in [-0.15, -0.1) is 0 Å². The lowest BCUT2D eigenvalue weighted by Gasteiger charge is -2.23. The summed E-state index contributed by atoms with van der Waals surface area (Å²) in [5, 5.41) is 9.61. The summed E-state index contributed by atoms with van der Waals surface area (Å²) in [7, 11) is 0. The van der Waals surface area contributed by atoms with Crippen molar-refractivity contribution >= 4 is 43.5 Å². The molecule has 114 valence electrons. The van der Waals surface area contributed by atoms with Crippen molar-refractivity contribution in [2.75, 3.05) is 3.93 Å². The van der Waals surface area contributed by atoms with E-state index in [9.17, 15) is 9.90 Å². The van der Waals surface area contributed by atoms with Crippen LogP contribution in [0.1, 0.15) is 35.2 Å². The van der Waals surface area contributed by atoms with Gasteiger partial charge in [-0.25, -0.2) is 0 Å². The first-order valence-corrected chi connectivity index (χ1v) is 8.61. The molecule has 1 aliphatic rings. The highest BCUT2D eigenvalue weighted by atomic mass is 79.9. The third-order valence-corrected chi connectivity index (χ3v) is 5.65. The Morgan fingerprint density at radius 3 is 2.68 bits per heavy atom. The summed E-state index contributed by atoms with van der Waals surface area (Å²) in [5.74, 6) is -0.00324. The largest absolute Gasteiger partial charge is 0.507 e. The van der Waals surface area contributed by atoms with E-state index in [1.54, 1.807) is 18.2 Å². The van der Waals surface area contributed by atoms with E-state index in [0.29, 0.717) is 10.0 Å². The highest BCUT2D eigenvalue weighted by Gasteiger charge is 2.41. The Kier molecular flexibility index (Phi) is 4.28.